The first kappa shape index (κ1) is 37.2. The van der Waals surface area contributed by atoms with Crippen LogP contribution in [0.3, 0.4) is 0 Å². The van der Waals surface area contributed by atoms with Crippen molar-refractivity contribution in [1.82, 2.24) is 10.6 Å². The van der Waals surface area contributed by atoms with E-state index in [9.17, 15) is 4.79 Å². The van der Waals surface area contributed by atoms with Crippen molar-refractivity contribution in [3.63, 3.8) is 0 Å². The van der Waals surface area contributed by atoms with Crippen LogP contribution >= 0.6 is 0 Å². The number of hydrogen-bond donors (Lipinski definition) is 4. The molecule has 0 heterocycles. The van der Waals surface area contributed by atoms with E-state index in [1.54, 1.807) is 0 Å². The van der Waals surface area contributed by atoms with Crippen molar-refractivity contribution in [2.45, 2.75) is 142 Å². The minimum absolute atomic E-state index is 0.175. The fraction of sp³-hybridized carbons (Fsp3) is 0.966. The SMILES string of the molecule is CCCCCCCCCOC[C@H](NC(C)=O)C(OCNCN)OC(CN)[C@H](C)OCCCCCCCCC. The summed E-state index contributed by atoms with van der Waals surface area (Å²) in [6, 6.07) is -0.485. The number of nitrogens with one attached hydrogen (secondary N) is 2. The Balaban J connectivity index is 4.74. The van der Waals surface area contributed by atoms with Gasteiger partial charge in [0.25, 0.3) is 0 Å². The molecule has 9 heteroatoms. The number of hydrogen-bond acceptors (Lipinski definition) is 8. The first-order valence-corrected chi connectivity index (χ1v) is 15.3. The molecule has 0 radical (unpaired) electrons. The molecule has 4 atom stereocenters. The van der Waals surface area contributed by atoms with Gasteiger partial charge in [-0.15, -0.1) is 0 Å². The minimum atomic E-state index is -0.759. The number of carbonyl (C=O) groups is 1. The minimum Gasteiger partial charge on any atom is -0.379 e. The van der Waals surface area contributed by atoms with Gasteiger partial charge < -0.3 is 35.7 Å². The van der Waals surface area contributed by atoms with Crippen molar-refractivity contribution < 1.29 is 23.7 Å². The molecule has 0 aromatic carbocycles. The summed E-state index contributed by atoms with van der Waals surface area (Å²) < 4.78 is 24.2. The maximum absolute atomic E-state index is 12.0. The maximum Gasteiger partial charge on any atom is 0.217 e. The van der Waals surface area contributed by atoms with Gasteiger partial charge in [0.05, 0.1) is 18.8 Å². The molecule has 0 fully saturated rings. The van der Waals surface area contributed by atoms with Crippen molar-refractivity contribution in [3.05, 3.63) is 0 Å². The van der Waals surface area contributed by atoms with Crippen LogP contribution in [0.15, 0.2) is 0 Å². The lowest BCUT2D eigenvalue weighted by atomic mass is 10.1. The average molecular weight is 547 g/mol. The van der Waals surface area contributed by atoms with E-state index in [0.29, 0.717) is 13.2 Å². The van der Waals surface area contributed by atoms with Gasteiger partial charge in [0, 0.05) is 33.4 Å². The maximum atomic E-state index is 12.0. The van der Waals surface area contributed by atoms with Gasteiger partial charge in [0.15, 0.2) is 6.29 Å². The molecule has 0 saturated heterocycles. The highest BCUT2D eigenvalue weighted by atomic mass is 16.7. The monoisotopic (exact) mass is 546 g/mol. The van der Waals surface area contributed by atoms with Crippen LogP contribution in [0.25, 0.3) is 0 Å². The second kappa shape index (κ2) is 27.7. The molecular formula is C29H62N4O5. The molecule has 0 bridgehead atoms. The van der Waals surface area contributed by atoms with E-state index in [-0.39, 0.29) is 44.7 Å². The molecule has 228 valence electrons. The summed E-state index contributed by atoms with van der Waals surface area (Å²) in [5.74, 6) is -0.175. The van der Waals surface area contributed by atoms with Gasteiger partial charge in [-0.25, -0.2) is 0 Å². The lowest BCUT2D eigenvalue weighted by Crippen LogP contribution is -2.52. The van der Waals surface area contributed by atoms with E-state index in [1.807, 2.05) is 6.92 Å². The molecule has 0 saturated carbocycles. The average Bonchev–Trinajstić information content (AvgIpc) is 2.90. The summed E-state index contributed by atoms with van der Waals surface area (Å²) in [7, 11) is 0. The molecule has 0 aliphatic rings. The Morgan fingerprint density at radius 2 is 1.34 bits per heavy atom. The lowest BCUT2D eigenvalue weighted by molar-refractivity contribution is -0.214. The van der Waals surface area contributed by atoms with Gasteiger partial charge in [-0.05, 0) is 19.8 Å². The lowest BCUT2D eigenvalue weighted by Gasteiger charge is -2.33. The van der Waals surface area contributed by atoms with Gasteiger partial charge in [-0.3, -0.25) is 10.1 Å². The van der Waals surface area contributed by atoms with Gasteiger partial charge in [-0.2, -0.15) is 0 Å². The molecule has 0 aromatic heterocycles. The zero-order valence-corrected chi connectivity index (χ0v) is 25.1. The number of amides is 1. The standard InChI is InChI=1S/C29H62N4O5/c1-5-7-9-11-13-15-17-19-35-22-27(33-26(4)34)29(37-24-32-23-31)38-28(21-30)25(3)36-20-18-16-14-12-10-8-6-2/h25,27-29,32H,5-24,30-31H2,1-4H3,(H,33,34)/t25-,27-,28?,29?/m0/s1. The summed E-state index contributed by atoms with van der Waals surface area (Å²) >= 11 is 0. The van der Waals surface area contributed by atoms with Crippen LogP contribution in [0.4, 0.5) is 0 Å². The second-order valence-electron chi connectivity index (χ2n) is 10.2. The summed E-state index contributed by atoms with van der Waals surface area (Å²) in [4.78, 5) is 12.0. The third-order valence-corrected chi connectivity index (χ3v) is 6.59. The highest BCUT2D eigenvalue weighted by Gasteiger charge is 2.29. The van der Waals surface area contributed by atoms with Crippen molar-refractivity contribution >= 4 is 5.91 Å². The van der Waals surface area contributed by atoms with Crippen LogP contribution in [0.5, 0.6) is 0 Å². The highest BCUT2D eigenvalue weighted by Crippen LogP contribution is 2.14. The number of unbranched alkanes of at least 4 members (excludes halogenated alkanes) is 12. The van der Waals surface area contributed by atoms with E-state index in [1.165, 1.54) is 77.6 Å². The van der Waals surface area contributed by atoms with E-state index in [4.69, 9.17) is 30.4 Å². The summed E-state index contributed by atoms with van der Waals surface area (Å²) in [5, 5.41) is 5.87. The topological polar surface area (TPSA) is 130 Å². The van der Waals surface area contributed by atoms with Crippen LogP contribution < -0.4 is 22.1 Å². The Bertz CT molecular complexity index is 515. The van der Waals surface area contributed by atoms with Gasteiger partial charge in [-0.1, -0.05) is 90.9 Å². The van der Waals surface area contributed by atoms with Crippen LogP contribution in [-0.4, -0.2) is 70.2 Å². The fourth-order valence-electron chi connectivity index (χ4n) is 4.24. The number of ether oxygens (including phenoxy) is 4. The summed E-state index contributed by atoms with van der Waals surface area (Å²) in [6.07, 6.45) is 15.8. The first-order valence-electron chi connectivity index (χ1n) is 15.3. The zero-order valence-electron chi connectivity index (χ0n) is 25.1. The predicted molar refractivity (Wildman–Crippen MR) is 156 cm³/mol. The van der Waals surface area contributed by atoms with E-state index in [0.717, 1.165) is 19.3 Å². The Morgan fingerprint density at radius 1 is 0.789 bits per heavy atom. The summed E-state index contributed by atoms with van der Waals surface area (Å²) in [5.41, 5.74) is 11.6. The number of carbonyl (C=O) groups excluding carboxylic acids is 1. The van der Waals surface area contributed by atoms with Gasteiger partial charge >= 0.3 is 0 Å². The zero-order chi connectivity index (χ0) is 28.3. The Kier molecular flexibility index (Phi) is 27.2. The van der Waals surface area contributed by atoms with Gasteiger partial charge in [0.1, 0.15) is 12.8 Å². The van der Waals surface area contributed by atoms with Crippen LogP contribution in [0.2, 0.25) is 0 Å². The molecule has 0 aliphatic heterocycles. The molecule has 38 heavy (non-hydrogen) atoms. The Hall–Kier alpha value is -0.810. The summed E-state index contributed by atoms with van der Waals surface area (Å²) in [6.45, 7) is 10.2. The quantitative estimate of drug-likeness (QED) is 0.0793. The predicted octanol–water partition coefficient (Wildman–Crippen LogP) is 4.56. The highest BCUT2D eigenvalue weighted by molar-refractivity contribution is 5.73. The fourth-order valence-corrected chi connectivity index (χ4v) is 4.24. The number of nitrogens with two attached hydrogens (primary N) is 2. The number of rotatable bonds is 29. The van der Waals surface area contributed by atoms with Crippen LogP contribution in [-0.2, 0) is 23.7 Å². The van der Waals surface area contributed by atoms with Crippen molar-refractivity contribution in [2.75, 3.05) is 39.8 Å². The van der Waals surface area contributed by atoms with Crippen molar-refractivity contribution in [3.8, 4) is 0 Å². The van der Waals surface area contributed by atoms with Crippen LogP contribution in [0, 0.1) is 0 Å². The normalized spacial score (nSPS) is 14.8. The molecule has 0 spiro atoms. The Labute approximate surface area is 233 Å². The van der Waals surface area contributed by atoms with E-state index < -0.39 is 12.3 Å². The largest absolute Gasteiger partial charge is 0.379 e. The van der Waals surface area contributed by atoms with Crippen molar-refractivity contribution in [2.24, 2.45) is 11.5 Å². The van der Waals surface area contributed by atoms with E-state index in [2.05, 4.69) is 24.5 Å². The molecule has 0 aromatic rings. The van der Waals surface area contributed by atoms with Crippen LogP contribution in [0.1, 0.15) is 118 Å². The molecule has 0 rings (SSSR count). The third-order valence-electron chi connectivity index (χ3n) is 6.59. The molecule has 1 amide bonds. The Morgan fingerprint density at radius 3 is 1.87 bits per heavy atom. The second-order valence-corrected chi connectivity index (χ2v) is 10.2. The molecule has 9 nitrogen and oxygen atoms in total. The van der Waals surface area contributed by atoms with Gasteiger partial charge in [0.2, 0.25) is 5.91 Å². The van der Waals surface area contributed by atoms with Crippen molar-refractivity contribution in [1.29, 1.82) is 0 Å². The molecular weight excluding hydrogens is 484 g/mol. The molecule has 2 unspecified atom stereocenters. The first-order chi connectivity index (χ1) is 18.5. The smallest absolute Gasteiger partial charge is 0.217 e. The molecule has 0 aliphatic carbocycles. The third kappa shape index (κ3) is 22.1. The van der Waals surface area contributed by atoms with E-state index >= 15 is 0 Å². The molecule has 6 N–H and O–H groups in total.